The van der Waals surface area contributed by atoms with E-state index >= 15 is 0 Å². The lowest BCUT2D eigenvalue weighted by Gasteiger charge is -2.55. The second-order valence-electron chi connectivity index (χ2n) is 10.7. The summed E-state index contributed by atoms with van der Waals surface area (Å²) < 4.78 is 0. The maximum Gasteiger partial charge on any atom is 0.226 e. The third-order valence-electron chi connectivity index (χ3n) is 8.50. The first-order valence-corrected chi connectivity index (χ1v) is 11.8. The number of nitrogens with one attached hydrogen (secondary N) is 1. The normalized spacial score (nSPS) is 33.2. The summed E-state index contributed by atoms with van der Waals surface area (Å²) in [5.41, 5.74) is 4.44. The second-order valence-corrected chi connectivity index (χ2v) is 10.7. The molecule has 1 aromatic rings. The smallest absolute Gasteiger partial charge is 0.226 e. The highest BCUT2D eigenvalue weighted by molar-refractivity contribution is 5.83. The predicted molar refractivity (Wildman–Crippen MR) is 117 cm³/mol. The molecule has 2 nitrogen and oxygen atoms in total. The van der Waals surface area contributed by atoms with Crippen LogP contribution in [0.4, 0.5) is 0 Å². The third kappa shape index (κ3) is 3.31. The van der Waals surface area contributed by atoms with Crippen LogP contribution in [0.15, 0.2) is 18.2 Å². The largest absolute Gasteiger partial charge is 0.353 e. The zero-order chi connectivity index (χ0) is 19.9. The summed E-state index contributed by atoms with van der Waals surface area (Å²) in [4.78, 5) is 13.5. The molecule has 0 saturated heterocycles. The fraction of sp³-hybridized carbons (Fsp3) is 0.731. The van der Waals surface area contributed by atoms with Gasteiger partial charge in [0.1, 0.15) is 0 Å². The predicted octanol–water partition coefficient (Wildman–Crippen LogP) is 6.27. The third-order valence-corrected chi connectivity index (χ3v) is 8.50. The lowest BCUT2D eigenvalue weighted by molar-refractivity contribution is -0.140. The van der Waals surface area contributed by atoms with Crippen molar-refractivity contribution in [3.63, 3.8) is 0 Å². The van der Waals surface area contributed by atoms with E-state index in [1.54, 1.807) is 5.56 Å². The minimum atomic E-state index is -0.223. The Hall–Kier alpha value is -1.31. The first kappa shape index (κ1) is 20.0. The van der Waals surface area contributed by atoms with Crippen LogP contribution in [0, 0.1) is 11.3 Å². The van der Waals surface area contributed by atoms with Crippen molar-refractivity contribution >= 4 is 5.91 Å². The Morgan fingerprint density at radius 1 is 1.04 bits per heavy atom. The lowest BCUT2D eigenvalue weighted by atomic mass is 9.49. The first-order chi connectivity index (χ1) is 13.3. The fourth-order valence-electron chi connectivity index (χ4n) is 6.74. The highest BCUT2D eigenvalue weighted by Gasteiger charge is 2.55. The van der Waals surface area contributed by atoms with Gasteiger partial charge in [-0.1, -0.05) is 71.6 Å². The molecule has 2 saturated carbocycles. The Morgan fingerprint density at radius 3 is 2.50 bits per heavy atom. The molecule has 2 fully saturated rings. The lowest BCUT2D eigenvalue weighted by Crippen LogP contribution is -2.56. The molecule has 28 heavy (non-hydrogen) atoms. The van der Waals surface area contributed by atoms with Gasteiger partial charge >= 0.3 is 0 Å². The molecular formula is C26H39NO. The van der Waals surface area contributed by atoms with Gasteiger partial charge in [0.05, 0.1) is 5.41 Å². The van der Waals surface area contributed by atoms with Crippen LogP contribution in [0.2, 0.25) is 0 Å². The molecule has 0 spiro atoms. The van der Waals surface area contributed by atoms with Crippen LogP contribution in [-0.4, -0.2) is 11.9 Å². The molecule has 1 amide bonds. The number of hydrogen-bond acceptors (Lipinski definition) is 1. The average molecular weight is 382 g/mol. The molecule has 1 aromatic carbocycles. The van der Waals surface area contributed by atoms with Gasteiger partial charge in [-0.25, -0.2) is 0 Å². The maximum absolute atomic E-state index is 13.5. The molecule has 3 aliphatic carbocycles. The van der Waals surface area contributed by atoms with Crippen molar-refractivity contribution in [3.05, 3.63) is 34.9 Å². The van der Waals surface area contributed by atoms with Gasteiger partial charge in [0.25, 0.3) is 0 Å². The van der Waals surface area contributed by atoms with Crippen LogP contribution < -0.4 is 5.32 Å². The Labute approximate surface area is 171 Å². The molecule has 0 heterocycles. The Kier molecular flexibility index (Phi) is 5.35. The quantitative estimate of drug-likeness (QED) is 0.657. The molecule has 0 unspecified atom stereocenters. The monoisotopic (exact) mass is 381 g/mol. The van der Waals surface area contributed by atoms with Crippen LogP contribution in [0.3, 0.4) is 0 Å². The van der Waals surface area contributed by atoms with Gasteiger partial charge in [0, 0.05) is 6.04 Å². The topological polar surface area (TPSA) is 29.1 Å². The highest BCUT2D eigenvalue weighted by Crippen LogP contribution is 2.57. The summed E-state index contributed by atoms with van der Waals surface area (Å²) in [5.74, 6) is 1.38. The number of aryl methyl sites for hydroxylation is 1. The molecule has 0 bridgehead atoms. The summed E-state index contributed by atoms with van der Waals surface area (Å²) in [5, 5.41) is 3.49. The second kappa shape index (κ2) is 7.50. The van der Waals surface area contributed by atoms with E-state index in [9.17, 15) is 4.79 Å². The van der Waals surface area contributed by atoms with Crippen molar-refractivity contribution in [2.75, 3.05) is 0 Å². The van der Waals surface area contributed by atoms with Gasteiger partial charge in [0.2, 0.25) is 5.91 Å². The first-order valence-electron chi connectivity index (χ1n) is 11.8. The van der Waals surface area contributed by atoms with Crippen LogP contribution in [0.25, 0.3) is 0 Å². The fourth-order valence-corrected chi connectivity index (χ4v) is 6.74. The Balaban J connectivity index is 1.61. The molecule has 0 aromatic heterocycles. The van der Waals surface area contributed by atoms with E-state index < -0.39 is 0 Å². The van der Waals surface area contributed by atoms with E-state index in [4.69, 9.17) is 0 Å². The molecule has 0 aliphatic heterocycles. The number of benzene rings is 1. The maximum atomic E-state index is 13.5. The van der Waals surface area contributed by atoms with Crippen molar-refractivity contribution in [3.8, 4) is 0 Å². The van der Waals surface area contributed by atoms with Crippen molar-refractivity contribution in [2.45, 2.75) is 109 Å². The zero-order valence-corrected chi connectivity index (χ0v) is 18.4. The van der Waals surface area contributed by atoms with Crippen LogP contribution in [0.5, 0.6) is 0 Å². The van der Waals surface area contributed by atoms with Gasteiger partial charge in [-0.3, -0.25) is 4.79 Å². The van der Waals surface area contributed by atoms with E-state index in [1.165, 1.54) is 49.7 Å². The number of fused-ring (bicyclic) bond motifs is 3. The molecule has 2 heteroatoms. The molecule has 154 valence electrons. The molecule has 0 radical (unpaired) electrons. The van der Waals surface area contributed by atoms with E-state index in [1.807, 2.05) is 0 Å². The average Bonchev–Trinajstić information content (AvgIpc) is 2.68. The van der Waals surface area contributed by atoms with E-state index in [0.29, 0.717) is 23.8 Å². The molecule has 4 rings (SSSR count). The molecule has 3 atom stereocenters. The van der Waals surface area contributed by atoms with Crippen molar-refractivity contribution < 1.29 is 4.79 Å². The van der Waals surface area contributed by atoms with Crippen molar-refractivity contribution in [1.29, 1.82) is 0 Å². The Bertz CT molecular complexity index is 732. The van der Waals surface area contributed by atoms with Gasteiger partial charge in [-0.15, -0.1) is 0 Å². The van der Waals surface area contributed by atoms with Crippen LogP contribution in [-0.2, 0) is 16.6 Å². The molecule has 1 N–H and O–H groups in total. The molecular weight excluding hydrogens is 342 g/mol. The summed E-state index contributed by atoms with van der Waals surface area (Å²) in [6.07, 6.45) is 11.9. The minimum absolute atomic E-state index is 0.139. The number of carbonyl (C=O) groups excluding carboxylic acids is 1. The van der Waals surface area contributed by atoms with E-state index in [0.717, 1.165) is 25.7 Å². The number of rotatable bonds is 3. The number of amides is 1. The van der Waals surface area contributed by atoms with Gasteiger partial charge < -0.3 is 5.32 Å². The summed E-state index contributed by atoms with van der Waals surface area (Å²) >= 11 is 0. The van der Waals surface area contributed by atoms with E-state index in [-0.39, 0.29) is 10.8 Å². The van der Waals surface area contributed by atoms with E-state index in [2.05, 4.69) is 51.2 Å². The van der Waals surface area contributed by atoms with Crippen molar-refractivity contribution in [1.82, 2.24) is 5.32 Å². The van der Waals surface area contributed by atoms with Crippen molar-refractivity contribution in [2.24, 2.45) is 11.3 Å². The number of carbonyl (C=O) groups is 1. The standard InChI is InChI=1S/C26H39NO/c1-18(2)19-11-13-22-20(17-19)12-14-23-25(22,3)15-8-16-26(23,4)24(28)27-21-9-6-5-7-10-21/h11,13,17-18,21,23H,5-10,12,14-16H2,1-4H3,(H,27,28)/t23-,25-,26+/m1/s1. The highest BCUT2D eigenvalue weighted by atomic mass is 16.2. The SMILES string of the molecule is CC(C)c1ccc2c(c1)CC[C@H]1[C@@](C)(C(=O)NC3CCCCC3)CCC[C@]21C. The van der Waals surface area contributed by atoms with Gasteiger partial charge in [0.15, 0.2) is 0 Å². The minimum Gasteiger partial charge on any atom is -0.353 e. The summed E-state index contributed by atoms with van der Waals surface area (Å²) in [6, 6.07) is 7.61. The summed E-state index contributed by atoms with van der Waals surface area (Å²) in [7, 11) is 0. The molecule has 3 aliphatic rings. The van der Waals surface area contributed by atoms with Gasteiger partial charge in [-0.05, 0) is 72.5 Å². The Morgan fingerprint density at radius 2 is 1.79 bits per heavy atom. The summed E-state index contributed by atoms with van der Waals surface area (Å²) in [6.45, 7) is 9.29. The van der Waals surface area contributed by atoms with Crippen LogP contribution >= 0.6 is 0 Å². The van der Waals surface area contributed by atoms with Gasteiger partial charge in [-0.2, -0.15) is 0 Å². The zero-order valence-electron chi connectivity index (χ0n) is 18.4. The number of hydrogen-bond donors (Lipinski definition) is 1. The van der Waals surface area contributed by atoms with Crippen LogP contribution in [0.1, 0.15) is 108 Å².